The van der Waals surface area contributed by atoms with Gasteiger partial charge in [-0.1, -0.05) is 19.9 Å². The molecule has 1 aromatic heterocycles. The summed E-state index contributed by atoms with van der Waals surface area (Å²) in [6.45, 7) is 6.94. The molecular weight excluding hydrogens is 433 g/mol. The zero-order valence-electron chi connectivity index (χ0n) is 19.3. The number of halogens is 1. The molecule has 2 aliphatic heterocycles. The average molecular weight is 462 g/mol. The quantitative estimate of drug-likeness (QED) is 0.616. The molecule has 0 radical (unpaired) electrons. The molecule has 5 rings (SSSR count). The number of benzene rings is 2. The zero-order valence-corrected chi connectivity index (χ0v) is 19.3. The van der Waals surface area contributed by atoms with E-state index in [0.29, 0.717) is 41.6 Å². The number of hydrogen-bond acceptors (Lipinski definition) is 6. The Kier molecular flexibility index (Phi) is 5.91. The van der Waals surface area contributed by atoms with Crippen molar-refractivity contribution in [3.63, 3.8) is 0 Å². The molecule has 7 nitrogen and oxygen atoms in total. The first-order valence-electron chi connectivity index (χ1n) is 11.6. The molecule has 176 valence electrons. The molecule has 34 heavy (non-hydrogen) atoms. The maximum atomic E-state index is 15.2. The Morgan fingerprint density at radius 2 is 2.03 bits per heavy atom. The number of carbonyl (C=O) groups excluding carboxylic acids is 1. The van der Waals surface area contributed by atoms with Crippen LogP contribution in [-0.4, -0.2) is 48.2 Å². The lowest BCUT2D eigenvalue weighted by molar-refractivity contribution is 0.0114. The van der Waals surface area contributed by atoms with Crippen molar-refractivity contribution in [2.75, 3.05) is 36.9 Å². The Bertz CT molecular complexity index is 1250. The predicted octanol–water partition coefficient (Wildman–Crippen LogP) is 3.68. The summed E-state index contributed by atoms with van der Waals surface area (Å²) >= 11 is 0. The van der Waals surface area contributed by atoms with E-state index in [-0.39, 0.29) is 23.6 Å². The normalized spacial score (nSPS) is 18.1. The first-order chi connectivity index (χ1) is 16.4. The van der Waals surface area contributed by atoms with E-state index >= 15 is 4.39 Å². The van der Waals surface area contributed by atoms with Gasteiger partial charge < -0.3 is 20.7 Å². The van der Waals surface area contributed by atoms with Gasteiger partial charge in [-0.05, 0) is 48.2 Å². The van der Waals surface area contributed by atoms with Gasteiger partial charge in [0.1, 0.15) is 17.3 Å². The predicted molar refractivity (Wildman–Crippen MR) is 130 cm³/mol. The number of hydrogen-bond donors (Lipinski definition) is 2. The molecule has 3 heterocycles. The minimum atomic E-state index is -0.364. The van der Waals surface area contributed by atoms with E-state index in [1.807, 2.05) is 12.1 Å². The summed E-state index contributed by atoms with van der Waals surface area (Å²) in [5.74, 6) is 0.211. The topological polar surface area (TPSA) is 93.4 Å². The number of nitrogens with two attached hydrogens (primary N) is 1. The summed E-state index contributed by atoms with van der Waals surface area (Å²) in [6, 6.07) is 10.7. The molecule has 1 unspecified atom stereocenters. The number of fused-ring (bicyclic) bond motifs is 1. The van der Waals surface area contributed by atoms with Crippen molar-refractivity contribution < 1.29 is 13.9 Å². The van der Waals surface area contributed by atoms with Crippen LogP contribution >= 0.6 is 0 Å². The fraction of sp³-hybridized carbons (Fsp3) is 0.346. The van der Waals surface area contributed by atoms with E-state index in [4.69, 9.17) is 10.5 Å². The number of amides is 1. The molecule has 0 saturated carbocycles. The molecule has 1 amide bonds. The fourth-order valence-electron chi connectivity index (χ4n) is 4.54. The molecule has 3 aromatic rings. The molecular formula is C26H28FN5O2. The third kappa shape index (κ3) is 4.21. The van der Waals surface area contributed by atoms with Gasteiger partial charge in [0.05, 0.1) is 24.6 Å². The Balaban J connectivity index is 1.45. The standard InChI is InChI=1S/C26H28FN5O2/c1-15(2)23-14-32(9-10-34-23)18-4-6-20(21(27)12-18)22-13-30-25(28)24(31-22)17-3-5-19-16(11-17)7-8-29-26(19)33/h3-6,11-13,15,23H,7-10,14H2,1-2H3,(H2,28,30)(H,29,33). The zero-order chi connectivity index (χ0) is 23.8. The van der Waals surface area contributed by atoms with Crippen LogP contribution < -0.4 is 16.0 Å². The second-order valence-corrected chi connectivity index (χ2v) is 9.13. The smallest absolute Gasteiger partial charge is 0.251 e. The third-order valence-corrected chi connectivity index (χ3v) is 6.53. The summed E-state index contributed by atoms with van der Waals surface area (Å²) < 4.78 is 21.1. The highest BCUT2D eigenvalue weighted by atomic mass is 19.1. The van der Waals surface area contributed by atoms with Crippen LogP contribution in [0.1, 0.15) is 29.8 Å². The lowest BCUT2D eigenvalue weighted by Gasteiger charge is -2.36. The molecule has 1 atom stereocenters. The van der Waals surface area contributed by atoms with Gasteiger partial charge in [0.15, 0.2) is 0 Å². The summed E-state index contributed by atoms with van der Waals surface area (Å²) in [7, 11) is 0. The first-order valence-corrected chi connectivity index (χ1v) is 11.6. The van der Waals surface area contributed by atoms with Gasteiger partial charge >= 0.3 is 0 Å². The molecule has 2 aliphatic rings. The Morgan fingerprint density at radius 3 is 2.82 bits per heavy atom. The number of rotatable bonds is 4. The summed E-state index contributed by atoms with van der Waals surface area (Å²) in [4.78, 5) is 23.2. The molecule has 1 saturated heterocycles. The van der Waals surface area contributed by atoms with Crippen molar-refractivity contribution in [1.29, 1.82) is 0 Å². The highest BCUT2D eigenvalue weighted by Gasteiger charge is 2.24. The van der Waals surface area contributed by atoms with Gasteiger partial charge in [0.25, 0.3) is 5.91 Å². The number of morpholine rings is 1. The van der Waals surface area contributed by atoms with Crippen LogP contribution in [0.25, 0.3) is 22.5 Å². The van der Waals surface area contributed by atoms with Gasteiger partial charge in [0.2, 0.25) is 0 Å². The molecule has 2 aromatic carbocycles. The Morgan fingerprint density at radius 1 is 1.21 bits per heavy atom. The molecule has 0 spiro atoms. The molecule has 3 N–H and O–H groups in total. The molecule has 8 heteroatoms. The van der Waals surface area contributed by atoms with Crippen LogP contribution in [0.3, 0.4) is 0 Å². The summed E-state index contributed by atoms with van der Waals surface area (Å²) in [5.41, 5.74) is 10.6. The molecule has 0 aliphatic carbocycles. The van der Waals surface area contributed by atoms with Gasteiger partial charge in [-0.15, -0.1) is 0 Å². The van der Waals surface area contributed by atoms with Crippen molar-refractivity contribution >= 4 is 17.4 Å². The number of aromatic nitrogens is 2. The highest BCUT2D eigenvalue weighted by Crippen LogP contribution is 2.31. The second kappa shape index (κ2) is 9.02. The van der Waals surface area contributed by atoms with E-state index in [0.717, 1.165) is 36.3 Å². The molecule has 0 bridgehead atoms. The fourth-order valence-corrected chi connectivity index (χ4v) is 4.54. The van der Waals surface area contributed by atoms with E-state index < -0.39 is 0 Å². The third-order valence-electron chi connectivity index (χ3n) is 6.53. The average Bonchev–Trinajstić information content (AvgIpc) is 2.84. The van der Waals surface area contributed by atoms with Gasteiger partial charge in [-0.25, -0.2) is 14.4 Å². The number of nitrogen functional groups attached to an aromatic ring is 1. The van der Waals surface area contributed by atoms with E-state index in [2.05, 4.69) is 34.0 Å². The maximum Gasteiger partial charge on any atom is 0.251 e. The second-order valence-electron chi connectivity index (χ2n) is 9.13. The lowest BCUT2D eigenvalue weighted by atomic mass is 9.96. The number of ether oxygens (including phenoxy) is 1. The van der Waals surface area contributed by atoms with E-state index in [9.17, 15) is 4.79 Å². The van der Waals surface area contributed by atoms with Crippen LogP contribution in [0.4, 0.5) is 15.9 Å². The number of anilines is 2. The van der Waals surface area contributed by atoms with E-state index in [1.54, 1.807) is 24.3 Å². The van der Waals surface area contributed by atoms with Crippen molar-refractivity contribution in [1.82, 2.24) is 15.3 Å². The largest absolute Gasteiger partial charge is 0.382 e. The monoisotopic (exact) mass is 461 g/mol. The molecule has 1 fully saturated rings. The van der Waals surface area contributed by atoms with Gasteiger partial charge in [-0.2, -0.15) is 0 Å². The van der Waals surface area contributed by atoms with Gasteiger partial charge in [0, 0.05) is 42.0 Å². The van der Waals surface area contributed by atoms with Crippen LogP contribution in [-0.2, 0) is 11.2 Å². The first kappa shape index (κ1) is 22.3. The van der Waals surface area contributed by atoms with Crippen LogP contribution in [0.5, 0.6) is 0 Å². The van der Waals surface area contributed by atoms with Crippen molar-refractivity contribution in [2.45, 2.75) is 26.4 Å². The van der Waals surface area contributed by atoms with Crippen LogP contribution in [0, 0.1) is 11.7 Å². The number of nitrogens with one attached hydrogen (secondary N) is 1. The minimum Gasteiger partial charge on any atom is -0.382 e. The highest BCUT2D eigenvalue weighted by molar-refractivity contribution is 5.97. The summed E-state index contributed by atoms with van der Waals surface area (Å²) in [5, 5.41) is 2.84. The van der Waals surface area contributed by atoms with Gasteiger partial charge in [-0.3, -0.25) is 4.79 Å². The Hall–Kier alpha value is -3.52. The van der Waals surface area contributed by atoms with Crippen molar-refractivity contribution in [3.8, 4) is 22.5 Å². The Labute approximate surface area is 198 Å². The van der Waals surface area contributed by atoms with E-state index in [1.165, 1.54) is 6.20 Å². The SMILES string of the molecule is CC(C)C1CN(c2ccc(-c3cnc(N)c(-c4ccc5c(c4)CCNC5=O)n3)c(F)c2)CCO1. The van der Waals surface area contributed by atoms with Crippen LogP contribution in [0.2, 0.25) is 0 Å². The minimum absolute atomic E-state index is 0.0808. The lowest BCUT2D eigenvalue weighted by Crippen LogP contribution is -2.44. The number of carbonyl (C=O) groups is 1. The number of nitrogens with zero attached hydrogens (tertiary/aromatic N) is 3. The van der Waals surface area contributed by atoms with Crippen molar-refractivity contribution in [3.05, 3.63) is 59.5 Å². The van der Waals surface area contributed by atoms with Crippen molar-refractivity contribution in [2.24, 2.45) is 5.92 Å². The summed E-state index contributed by atoms with van der Waals surface area (Å²) in [6.07, 6.45) is 2.36. The maximum absolute atomic E-state index is 15.2. The van der Waals surface area contributed by atoms with Crippen LogP contribution in [0.15, 0.2) is 42.6 Å².